The number of rotatable bonds is 4. The second-order valence-corrected chi connectivity index (χ2v) is 7.84. The van der Waals surface area contributed by atoms with E-state index in [-0.39, 0.29) is 17.1 Å². The van der Waals surface area contributed by atoms with Gasteiger partial charge in [0.2, 0.25) is 0 Å². The average Bonchev–Trinajstić information content (AvgIpc) is 2.92. The Morgan fingerprint density at radius 3 is 2.50 bits per heavy atom. The Labute approximate surface area is 182 Å². The maximum absolute atomic E-state index is 12.7. The van der Waals surface area contributed by atoms with Gasteiger partial charge >= 0.3 is 5.97 Å². The molecule has 1 aliphatic heterocycles. The van der Waals surface area contributed by atoms with Gasteiger partial charge in [0.05, 0.1) is 17.3 Å². The van der Waals surface area contributed by atoms with Gasteiger partial charge < -0.3 is 9.47 Å². The number of ether oxygens (including phenoxy) is 2. The van der Waals surface area contributed by atoms with Crippen LogP contribution < -0.4 is 19.9 Å². The van der Waals surface area contributed by atoms with Gasteiger partial charge in [0, 0.05) is 10.5 Å². The van der Waals surface area contributed by atoms with Gasteiger partial charge in [-0.15, -0.1) is 0 Å². The maximum Gasteiger partial charge on any atom is 0.308 e. The summed E-state index contributed by atoms with van der Waals surface area (Å²) < 4.78 is 11.9. The van der Waals surface area contributed by atoms with Crippen molar-refractivity contribution >= 4 is 68.1 Å². The van der Waals surface area contributed by atoms with E-state index < -0.39 is 17.8 Å². The van der Waals surface area contributed by atoms with Crippen molar-refractivity contribution in [3.8, 4) is 11.5 Å². The molecule has 28 heavy (non-hydrogen) atoms. The number of halogens is 2. The zero-order valence-electron chi connectivity index (χ0n) is 14.8. The first-order valence-corrected chi connectivity index (χ1v) is 9.86. The first-order chi connectivity index (χ1) is 13.3. The molecule has 0 unspecified atom stereocenters. The Morgan fingerprint density at radius 2 is 1.89 bits per heavy atom. The molecule has 1 aliphatic rings. The summed E-state index contributed by atoms with van der Waals surface area (Å²) in [5, 5.41) is 1.20. The predicted molar refractivity (Wildman–Crippen MR) is 115 cm³/mol. The molecule has 7 nitrogen and oxygen atoms in total. The summed E-state index contributed by atoms with van der Waals surface area (Å²) in [4.78, 5) is 36.3. The molecule has 1 fully saturated rings. The van der Waals surface area contributed by atoms with Crippen LogP contribution in [0.4, 0.5) is 5.69 Å². The number of anilines is 1. The summed E-state index contributed by atoms with van der Waals surface area (Å²) >= 11 is 5.48. The molecule has 0 radical (unpaired) electrons. The third-order valence-corrected chi connectivity index (χ3v) is 5.09. The first-order valence-electron chi connectivity index (χ1n) is 7.99. The van der Waals surface area contributed by atoms with E-state index in [1.807, 2.05) is 12.1 Å². The van der Waals surface area contributed by atoms with E-state index in [9.17, 15) is 14.4 Å². The van der Waals surface area contributed by atoms with E-state index in [2.05, 4.69) is 43.9 Å². The van der Waals surface area contributed by atoms with Gasteiger partial charge in [0.15, 0.2) is 11.5 Å². The van der Waals surface area contributed by atoms with Crippen molar-refractivity contribution in [3.63, 3.8) is 0 Å². The molecule has 2 amide bonds. The molecule has 0 aromatic heterocycles. The predicted octanol–water partition coefficient (Wildman–Crippen LogP) is 3.45. The molecular formula is C19H14BrIN2O5. The van der Waals surface area contributed by atoms with Crippen molar-refractivity contribution in [1.29, 1.82) is 0 Å². The number of amides is 2. The van der Waals surface area contributed by atoms with Crippen LogP contribution in [0.2, 0.25) is 0 Å². The number of hydrogen-bond donors (Lipinski definition) is 1. The molecule has 9 heteroatoms. The third-order valence-electron chi connectivity index (χ3n) is 3.78. The number of esters is 1. The Kier molecular flexibility index (Phi) is 6.04. The second-order valence-electron chi connectivity index (χ2n) is 5.74. The molecule has 1 N–H and O–H groups in total. The Balaban J connectivity index is 1.95. The van der Waals surface area contributed by atoms with E-state index in [0.717, 1.165) is 3.57 Å². The van der Waals surface area contributed by atoms with Crippen LogP contribution in [0.25, 0.3) is 6.08 Å². The monoisotopic (exact) mass is 556 g/mol. The lowest BCUT2D eigenvalue weighted by Gasteiger charge is -2.14. The van der Waals surface area contributed by atoms with Crippen LogP contribution in [0, 0.1) is 3.57 Å². The van der Waals surface area contributed by atoms with Crippen molar-refractivity contribution in [2.24, 2.45) is 0 Å². The van der Waals surface area contributed by atoms with Gasteiger partial charge in [-0.1, -0.05) is 0 Å². The fourth-order valence-corrected chi connectivity index (χ4v) is 3.46. The molecule has 1 saturated heterocycles. The largest absolute Gasteiger partial charge is 0.493 e. The number of hydrogen-bond acceptors (Lipinski definition) is 5. The molecule has 0 saturated carbocycles. The molecule has 2 aromatic rings. The Morgan fingerprint density at radius 1 is 1.21 bits per heavy atom. The van der Waals surface area contributed by atoms with E-state index in [1.54, 1.807) is 24.3 Å². The van der Waals surface area contributed by atoms with Crippen molar-refractivity contribution in [2.45, 2.75) is 6.92 Å². The fourth-order valence-electron chi connectivity index (χ4n) is 2.56. The minimum absolute atomic E-state index is 0.0206. The van der Waals surface area contributed by atoms with Crippen LogP contribution in [-0.4, -0.2) is 24.9 Å². The molecule has 0 spiro atoms. The number of nitrogens with zero attached hydrogens (tertiary/aromatic N) is 1. The van der Waals surface area contributed by atoms with Crippen LogP contribution in [-0.2, 0) is 14.4 Å². The van der Waals surface area contributed by atoms with Crippen molar-refractivity contribution in [1.82, 2.24) is 5.43 Å². The van der Waals surface area contributed by atoms with E-state index in [0.29, 0.717) is 15.7 Å². The minimum Gasteiger partial charge on any atom is -0.493 e. The maximum atomic E-state index is 12.7. The zero-order chi connectivity index (χ0) is 20.4. The highest BCUT2D eigenvalue weighted by Gasteiger charge is 2.34. The molecule has 3 rings (SSSR count). The number of carbonyl (C=O) groups is 3. The molecule has 2 aromatic carbocycles. The summed E-state index contributed by atoms with van der Waals surface area (Å²) in [5.41, 5.74) is 3.62. The highest BCUT2D eigenvalue weighted by atomic mass is 127. The lowest BCUT2D eigenvalue weighted by molar-refractivity contribution is -0.132. The summed E-state index contributed by atoms with van der Waals surface area (Å²) in [6.45, 7) is 1.28. The highest BCUT2D eigenvalue weighted by Crippen LogP contribution is 2.37. The summed E-state index contributed by atoms with van der Waals surface area (Å²) in [6.07, 6.45) is 1.45. The smallest absolute Gasteiger partial charge is 0.308 e. The number of carbonyl (C=O) groups excluding carboxylic acids is 3. The van der Waals surface area contributed by atoms with Gasteiger partial charge in [-0.3, -0.25) is 19.8 Å². The number of hydrazine groups is 1. The standard InChI is InChI=1S/C19H14BrIN2O5/c1-10(24)28-17-15(20)8-11(9-16(17)27-2)7-14-18(25)22-23(19(14)26)13-5-3-12(21)4-6-13/h3-9H,1-2H3,(H,22,25). The fraction of sp³-hybridized carbons (Fsp3) is 0.105. The van der Waals surface area contributed by atoms with Gasteiger partial charge in [-0.25, -0.2) is 5.01 Å². The van der Waals surface area contributed by atoms with E-state index >= 15 is 0 Å². The lowest BCUT2D eigenvalue weighted by atomic mass is 10.1. The van der Waals surface area contributed by atoms with Crippen LogP contribution in [0.3, 0.4) is 0 Å². The van der Waals surface area contributed by atoms with Crippen molar-refractivity contribution in [2.75, 3.05) is 12.1 Å². The number of nitrogens with one attached hydrogen (secondary N) is 1. The van der Waals surface area contributed by atoms with Gasteiger partial charge in [-0.05, 0) is 86.6 Å². The van der Waals surface area contributed by atoms with E-state index in [1.165, 1.54) is 25.1 Å². The quantitative estimate of drug-likeness (QED) is 0.205. The summed E-state index contributed by atoms with van der Waals surface area (Å²) in [5.74, 6) is -0.965. The Hall–Kier alpha value is -2.40. The van der Waals surface area contributed by atoms with Crippen LogP contribution in [0.15, 0.2) is 46.4 Å². The third kappa shape index (κ3) is 4.20. The SMILES string of the molecule is COc1cc(C=C2C(=O)NN(c3ccc(I)cc3)C2=O)cc(Br)c1OC(C)=O. The molecule has 0 atom stereocenters. The Bertz CT molecular complexity index is 1000. The first kappa shape index (κ1) is 20.3. The van der Waals surface area contributed by atoms with Crippen LogP contribution >= 0.6 is 38.5 Å². The molecule has 0 bridgehead atoms. The average molecular weight is 557 g/mol. The van der Waals surface area contributed by atoms with Gasteiger partial charge in [0.25, 0.3) is 11.8 Å². The lowest BCUT2D eigenvalue weighted by Crippen LogP contribution is -2.35. The zero-order valence-corrected chi connectivity index (χ0v) is 18.5. The normalized spacial score (nSPS) is 15.0. The van der Waals surface area contributed by atoms with Crippen LogP contribution in [0.5, 0.6) is 11.5 Å². The summed E-state index contributed by atoms with van der Waals surface area (Å²) in [7, 11) is 1.43. The summed E-state index contributed by atoms with van der Waals surface area (Å²) in [6, 6.07) is 10.4. The number of methoxy groups -OCH3 is 1. The second kappa shape index (κ2) is 8.31. The minimum atomic E-state index is -0.511. The van der Waals surface area contributed by atoms with Gasteiger partial charge in [0.1, 0.15) is 5.57 Å². The van der Waals surface area contributed by atoms with Gasteiger partial charge in [-0.2, -0.15) is 0 Å². The topological polar surface area (TPSA) is 84.9 Å². The molecule has 0 aliphatic carbocycles. The molecule has 1 heterocycles. The molecular weight excluding hydrogens is 543 g/mol. The van der Waals surface area contributed by atoms with Crippen molar-refractivity contribution in [3.05, 3.63) is 55.6 Å². The van der Waals surface area contributed by atoms with Crippen molar-refractivity contribution < 1.29 is 23.9 Å². The number of benzene rings is 2. The van der Waals surface area contributed by atoms with Crippen LogP contribution in [0.1, 0.15) is 12.5 Å². The molecule has 144 valence electrons. The highest BCUT2D eigenvalue weighted by molar-refractivity contribution is 14.1. The van der Waals surface area contributed by atoms with E-state index in [4.69, 9.17) is 9.47 Å².